The van der Waals surface area contributed by atoms with Crippen LogP contribution in [0.25, 0.3) is 10.9 Å². The third kappa shape index (κ3) is 5.23. The Balaban J connectivity index is 1.34. The van der Waals surface area contributed by atoms with Crippen LogP contribution >= 0.6 is 11.6 Å². The molecule has 0 bridgehead atoms. The van der Waals surface area contributed by atoms with E-state index in [1.54, 1.807) is 30.3 Å². The summed E-state index contributed by atoms with van der Waals surface area (Å²) in [5.41, 5.74) is 2.44. The molecular formula is C24H27ClFN3O3S. The van der Waals surface area contributed by atoms with Crippen molar-refractivity contribution in [3.05, 3.63) is 64.6 Å². The highest BCUT2D eigenvalue weighted by Gasteiger charge is 2.30. The van der Waals surface area contributed by atoms with Crippen LogP contribution in [0.15, 0.2) is 47.4 Å². The molecular weight excluding hydrogens is 465 g/mol. The summed E-state index contributed by atoms with van der Waals surface area (Å²) in [5.74, 6) is -0.543. The van der Waals surface area contributed by atoms with E-state index in [9.17, 15) is 17.6 Å². The summed E-state index contributed by atoms with van der Waals surface area (Å²) < 4.78 is 41.8. The van der Waals surface area contributed by atoms with Crippen LogP contribution in [0.2, 0.25) is 5.15 Å². The first-order valence-electron chi connectivity index (χ1n) is 11.0. The van der Waals surface area contributed by atoms with Crippen LogP contribution in [0.3, 0.4) is 0 Å². The van der Waals surface area contributed by atoms with E-state index < -0.39 is 10.0 Å². The Morgan fingerprint density at radius 1 is 1.12 bits per heavy atom. The lowest BCUT2D eigenvalue weighted by Gasteiger charge is -2.29. The number of nitrogens with one attached hydrogen (secondary N) is 3. The van der Waals surface area contributed by atoms with Gasteiger partial charge in [0.25, 0.3) is 0 Å². The van der Waals surface area contributed by atoms with Gasteiger partial charge in [-0.3, -0.25) is 4.79 Å². The molecule has 1 fully saturated rings. The normalized spacial score (nSPS) is 20.0. The number of halogens is 2. The number of sulfonamides is 1. The van der Waals surface area contributed by atoms with Gasteiger partial charge in [-0.25, -0.2) is 17.5 Å². The minimum atomic E-state index is -3.69. The SMILES string of the molecule is Cc1c(Cl)[nH]c2ccc(S(=O)(=O)NC3CCC(C(=O)N[C@H](C)c4ccc(F)cc4)CC3)cc12. The fourth-order valence-electron chi connectivity index (χ4n) is 4.37. The van der Waals surface area contributed by atoms with Gasteiger partial charge in [-0.2, -0.15) is 0 Å². The highest BCUT2D eigenvalue weighted by atomic mass is 35.5. The monoisotopic (exact) mass is 491 g/mol. The third-order valence-corrected chi connectivity index (χ3v) is 8.32. The fourth-order valence-corrected chi connectivity index (χ4v) is 5.90. The summed E-state index contributed by atoms with van der Waals surface area (Å²) in [4.78, 5) is 15.9. The first-order valence-corrected chi connectivity index (χ1v) is 12.9. The van der Waals surface area contributed by atoms with Crippen LogP contribution in [0.1, 0.15) is 49.8 Å². The molecule has 0 aliphatic heterocycles. The predicted molar refractivity (Wildman–Crippen MR) is 127 cm³/mol. The number of amides is 1. The Bertz CT molecular complexity index is 1270. The van der Waals surface area contributed by atoms with E-state index in [2.05, 4.69) is 15.0 Å². The minimum absolute atomic E-state index is 0.0570. The van der Waals surface area contributed by atoms with Crippen LogP contribution < -0.4 is 10.0 Å². The van der Waals surface area contributed by atoms with Crippen molar-refractivity contribution in [3.8, 4) is 0 Å². The molecule has 3 N–H and O–H groups in total. The van der Waals surface area contributed by atoms with Crippen molar-refractivity contribution >= 4 is 38.4 Å². The predicted octanol–water partition coefficient (Wildman–Crippen LogP) is 4.98. The second-order valence-corrected chi connectivity index (χ2v) is 10.8. The zero-order valence-electron chi connectivity index (χ0n) is 18.5. The Kier molecular flexibility index (Phi) is 6.79. The molecule has 33 heavy (non-hydrogen) atoms. The number of benzene rings is 2. The molecule has 1 aliphatic rings. The van der Waals surface area contributed by atoms with Gasteiger partial charge < -0.3 is 10.3 Å². The van der Waals surface area contributed by atoms with Gasteiger partial charge in [-0.05, 0) is 81.0 Å². The number of carbonyl (C=O) groups is 1. The van der Waals surface area contributed by atoms with E-state index in [-0.39, 0.29) is 34.6 Å². The number of carbonyl (C=O) groups excluding carboxylic acids is 1. The van der Waals surface area contributed by atoms with Gasteiger partial charge in [0.1, 0.15) is 11.0 Å². The van der Waals surface area contributed by atoms with Crippen LogP contribution in [0.4, 0.5) is 4.39 Å². The summed E-state index contributed by atoms with van der Waals surface area (Å²) in [6.45, 7) is 3.70. The van der Waals surface area contributed by atoms with Gasteiger partial charge in [0.2, 0.25) is 15.9 Å². The summed E-state index contributed by atoms with van der Waals surface area (Å²) >= 11 is 6.12. The maximum Gasteiger partial charge on any atom is 0.240 e. The summed E-state index contributed by atoms with van der Waals surface area (Å²) in [6.07, 6.45) is 2.36. The molecule has 1 aliphatic carbocycles. The molecule has 1 saturated carbocycles. The molecule has 0 spiro atoms. The van der Waals surface area contributed by atoms with Crippen molar-refractivity contribution in [1.82, 2.24) is 15.0 Å². The number of hydrogen-bond donors (Lipinski definition) is 3. The number of aromatic nitrogens is 1. The van der Waals surface area contributed by atoms with E-state index in [1.165, 1.54) is 12.1 Å². The zero-order chi connectivity index (χ0) is 23.8. The largest absolute Gasteiger partial charge is 0.349 e. The third-order valence-electron chi connectivity index (χ3n) is 6.43. The standard InChI is InChI=1S/C24H27ClFN3O3S/c1-14-21-13-20(11-12-22(21)28-23(14)25)33(31,32)29-19-9-5-17(6-10-19)24(30)27-15(2)16-3-7-18(26)8-4-16/h3-4,7-8,11-13,15,17,19,28-29H,5-6,9-10H2,1-2H3,(H,27,30)/t15-,17?,19?/m1/s1. The zero-order valence-corrected chi connectivity index (χ0v) is 20.1. The second-order valence-electron chi connectivity index (χ2n) is 8.72. The number of rotatable bonds is 6. The highest BCUT2D eigenvalue weighted by molar-refractivity contribution is 7.89. The van der Waals surface area contributed by atoms with Crippen molar-refractivity contribution in [2.75, 3.05) is 0 Å². The van der Waals surface area contributed by atoms with E-state index in [0.29, 0.717) is 30.8 Å². The summed E-state index contributed by atoms with van der Waals surface area (Å²) in [6, 6.07) is 10.5. The number of fused-ring (bicyclic) bond motifs is 1. The maximum atomic E-state index is 13.1. The topological polar surface area (TPSA) is 91.1 Å². The molecule has 6 nitrogen and oxygen atoms in total. The molecule has 0 saturated heterocycles. The molecule has 2 aromatic carbocycles. The first kappa shape index (κ1) is 23.7. The minimum Gasteiger partial charge on any atom is -0.349 e. The second kappa shape index (κ2) is 9.44. The van der Waals surface area contributed by atoms with Crippen molar-refractivity contribution in [1.29, 1.82) is 0 Å². The van der Waals surface area contributed by atoms with Crippen molar-refractivity contribution in [2.24, 2.45) is 5.92 Å². The average molecular weight is 492 g/mol. The first-order chi connectivity index (χ1) is 15.6. The van der Waals surface area contributed by atoms with E-state index in [1.807, 2.05) is 13.8 Å². The Labute approximate surface area is 198 Å². The van der Waals surface area contributed by atoms with Crippen LogP contribution in [0.5, 0.6) is 0 Å². The fraction of sp³-hybridized carbons (Fsp3) is 0.375. The molecule has 3 aromatic rings. The molecule has 1 heterocycles. The number of aromatic amines is 1. The van der Waals surface area contributed by atoms with E-state index in [4.69, 9.17) is 11.6 Å². The van der Waals surface area contributed by atoms with Gasteiger partial charge in [-0.1, -0.05) is 23.7 Å². The highest BCUT2D eigenvalue weighted by Crippen LogP contribution is 2.29. The van der Waals surface area contributed by atoms with Gasteiger partial charge in [0, 0.05) is 22.9 Å². The average Bonchev–Trinajstić information content (AvgIpc) is 3.07. The van der Waals surface area contributed by atoms with Gasteiger partial charge in [-0.15, -0.1) is 0 Å². The van der Waals surface area contributed by atoms with E-state index >= 15 is 0 Å². The Hall–Kier alpha value is -2.42. The molecule has 9 heteroatoms. The molecule has 1 aromatic heterocycles. The lowest BCUT2D eigenvalue weighted by atomic mass is 9.85. The van der Waals surface area contributed by atoms with Crippen LogP contribution in [0, 0.1) is 18.7 Å². The molecule has 4 rings (SSSR count). The number of aryl methyl sites for hydroxylation is 1. The number of H-pyrrole nitrogens is 1. The molecule has 176 valence electrons. The smallest absolute Gasteiger partial charge is 0.240 e. The maximum absolute atomic E-state index is 13.1. The van der Waals surface area contributed by atoms with Gasteiger partial charge in [0.15, 0.2) is 0 Å². The quantitative estimate of drug-likeness (QED) is 0.454. The van der Waals surface area contributed by atoms with E-state index in [0.717, 1.165) is 22.0 Å². The molecule has 0 unspecified atom stereocenters. The molecule has 1 atom stereocenters. The Morgan fingerprint density at radius 2 is 1.79 bits per heavy atom. The van der Waals surface area contributed by atoms with Gasteiger partial charge in [0.05, 0.1) is 10.9 Å². The van der Waals surface area contributed by atoms with Crippen molar-refractivity contribution in [3.63, 3.8) is 0 Å². The van der Waals surface area contributed by atoms with Crippen LogP contribution in [-0.2, 0) is 14.8 Å². The lowest BCUT2D eigenvalue weighted by Crippen LogP contribution is -2.41. The number of hydrogen-bond acceptors (Lipinski definition) is 3. The molecule has 0 radical (unpaired) electrons. The summed E-state index contributed by atoms with van der Waals surface area (Å²) in [5, 5.41) is 4.26. The molecule has 1 amide bonds. The van der Waals surface area contributed by atoms with Gasteiger partial charge >= 0.3 is 0 Å². The van der Waals surface area contributed by atoms with Crippen molar-refractivity contribution in [2.45, 2.75) is 56.5 Å². The summed E-state index contributed by atoms with van der Waals surface area (Å²) in [7, 11) is -3.69. The van der Waals surface area contributed by atoms with Crippen LogP contribution in [-0.4, -0.2) is 25.4 Å². The lowest BCUT2D eigenvalue weighted by molar-refractivity contribution is -0.126. The Morgan fingerprint density at radius 3 is 2.45 bits per heavy atom. The van der Waals surface area contributed by atoms with Crippen molar-refractivity contribution < 1.29 is 17.6 Å².